The molecule has 0 amide bonds. The molecular formula is C12H18BrClN2O. The summed E-state index contributed by atoms with van der Waals surface area (Å²) in [6.45, 7) is 1.61. The Morgan fingerprint density at radius 1 is 1.41 bits per heavy atom. The molecule has 0 aliphatic rings. The third-order valence-corrected chi connectivity index (χ3v) is 3.47. The zero-order valence-electron chi connectivity index (χ0n) is 9.63. The van der Waals surface area contributed by atoms with E-state index in [1.165, 1.54) is 0 Å². The lowest BCUT2D eigenvalue weighted by atomic mass is 10.1. The normalized spacial score (nSPS) is 12.7. The first-order chi connectivity index (χ1) is 8.19. The zero-order chi connectivity index (χ0) is 12.7. The second kappa shape index (κ2) is 8.06. The monoisotopic (exact) mass is 320 g/mol. The lowest BCUT2D eigenvalue weighted by Crippen LogP contribution is -2.29. The Balaban J connectivity index is 2.59. The van der Waals surface area contributed by atoms with Crippen molar-refractivity contribution in [1.82, 2.24) is 5.32 Å². The number of rotatable bonds is 7. The molecule has 0 aromatic heterocycles. The predicted molar refractivity (Wildman–Crippen MR) is 75.3 cm³/mol. The minimum atomic E-state index is 0.111. The van der Waals surface area contributed by atoms with E-state index >= 15 is 0 Å². The molecule has 0 fully saturated rings. The van der Waals surface area contributed by atoms with Gasteiger partial charge in [0.15, 0.2) is 0 Å². The summed E-state index contributed by atoms with van der Waals surface area (Å²) in [5.74, 6) is 0. The van der Waals surface area contributed by atoms with Crippen LogP contribution in [-0.2, 0) is 0 Å². The molecule has 0 bridgehead atoms. The van der Waals surface area contributed by atoms with Crippen LogP contribution in [0.5, 0.6) is 0 Å². The molecule has 1 aromatic carbocycles. The van der Waals surface area contributed by atoms with Gasteiger partial charge >= 0.3 is 0 Å². The molecule has 0 saturated carbocycles. The minimum Gasteiger partial charge on any atom is -0.396 e. The van der Waals surface area contributed by atoms with Gasteiger partial charge < -0.3 is 16.2 Å². The Morgan fingerprint density at radius 2 is 2.18 bits per heavy atom. The van der Waals surface area contributed by atoms with Crippen molar-refractivity contribution >= 4 is 27.5 Å². The highest BCUT2D eigenvalue weighted by Crippen LogP contribution is 2.26. The molecular weight excluding hydrogens is 304 g/mol. The maximum atomic E-state index is 8.71. The summed E-state index contributed by atoms with van der Waals surface area (Å²) in [6.07, 6.45) is 1.75. The van der Waals surface area contributed by atoms with Crippen molar-refractivity contribution in [1.29, 1.82) is 0 Å². The number of unbranched alkanes of at least 4 members (excludes halogenated alkanes) is 1. The van der Waals surface area contributed by atoms with Gasteiger partial charge in [-0.1, -0.05) is 33.6 Å². The molecule has 0 aliphatic heterocycles. The SMILES string of the molecule is NCC(NCCCCO)c1ccc(Cl)cc1Br. The number of aliphatic hydroxyl groups is 1. The number of benzene rings is 1. The zero-order valence-corrected chi connectivity index (χ0v) is 12.0. The van der Waals surface area contributed by atoms with Crippen LogP contribution in [0.2, 0.25) is 5.02 Å². The van der Waals surface area contributed by atoms with Crippen LogP contribution in [0.3, 0.4) is 0 Å². The first-order valence-electron chi connectivity index (χ1n) is 5.68. The molecule has 1 unspecified atom stereocenters. The summed E-state index contributed by atoms with van der Waals surface area (Å²) >= 11 is 9.39. The maximum Gasteiger partial charge on any atom is 0.0455 e. The van der Waals surface area contributed by atoms with E-state index in [0.29, 0.717) is 11.6 Å². The molecule has 1 aromatic rings. The van der Waals surface area contributed by atoms with Crippen LogP contribution in [0.4, 0.5) is 0 Å². The van der Waals surface area contributed by atoms with Gasteiger partial charge in [-0.3, -0.25) is 0 Å². The van der Waals surface area contributed by atoms with Crippen LogP contribution in [0.15, 0.2) is 22.7 Å². The number of nitrogens with one attached hydrogen (secondary N) is 1. The van der Waals surface area contributed by atoms with Crippen molar-refractivity contribution in [3.63, 3.8) is 0 Å². The van der Waals surface area contributed by atoms with Crippen molar-refractivity contribution in [3.05, 3.63) is 33.3 Å². The van der Waals surface area contributed by atoms with Crippen molar-refractivity contribution < 1.29 is 5.11 Å². The Hall–Kier alpha value is -0.130. The smallest absolute Gasteiger partial charge is 0.0455 e. The van der Waals surface area contributed by atoms with Crippen LogP contribution in [0, 0.1) is 0 Å². The lowest BCUT2D eigenvalue weighted by Gasteiger charge is -2.18. The van der Waals surface area contributed by atoms with Crippen LogP contribution in [0.1, 0.15) is 24.4 Å². The quantitative estimate of drug-likeness (QED) is 0.676. The molecule has 1 rings (SSSR count). The van der Waals surface area contributed by atoms with Crippen molar-refractivity contribution in [2.24, 2.45) is 5.73 Å². The van der Waals surface area contributed by atoms with Crippen LogP contribution in [0.25, 0.3) is 0 Å². The molecule has 0 heterocycles. The molecule has 0 spiro atoms. The fourth-order valence-corrected chi connectivity index (χ4v) is 2.58. The second-order valence-electron chi connectivity index (χ2n) is 3.84. The Labute approximate surface area is 115 Å². The van der Waals surface area contributed by atoms with Crippen molar-refractivity contribution in [2.75, 3.05) is 19.7 Å². The van der Waals surface area contributed by atoms with Gasteiger partial charge in [-0.25, -0.2) is 0 Å². The summed E-state index contributed by atoms with van der Waals surface area (Å²) in [5.41, 5.74) is 6.87. The van der Waals surface area contributed by atoms with Gasteiger partial charge in [0, 0.05) is 28.7 Å². The van der Waals surface area contributed by atoms with Gasteiger partial charge in [0.2, 0.25) is 0 Å². The van der Waals surface area contributed by atoms with Gasteiger partial charge in [-0.15, -0.1) is 0 Å². The topological polar surface area (TPSA) is 58.3 Å². The summed E-state index contributed by atoms with van der Waals surface area (Å²) in [5, 5.41) is 12.8. The number of hydrogen-bond acceptors (Lipinski definition) is 3. The van der Waals surface area contributed by atoms with E-state index in [1.54, 1.807) is 0 Å². The van der Waals surface area contributed by atoms with E-state index in [2.05, 4.69) is 21.2 Å². The molecule has 1 atom stereocenters. The Kier molecular flexibility index (Phi) is 7.08. The average Bonchev–Trinajstić information content (AvgIpc) is 2.31. The molecule has 5 heteroatoms. The summed E-state index contributed by atoms with van der Waals surface area (Å²) < 4.78 is 0.968. The molecule has 0 saturated heterocycles. The van der Waals surface area contributed by atoms with E-state index in [1.807, 2.05) is 18.2 Å². The predicted octanol–water partition coefficient (Wildman–Crippen LogP) is 2.46. The molecule has 17 heavy (non-hydrogen) atoms. The largest absolute Gasteiger partial charge is 0.396 e. The maximum absolute atomic E-state index is 8.71. The van der Waals surface area contributed by atoms with Crippen LogP contribution < -0.4 is 11.1 Å². The van der Waals surface area contributed by atoms with Gasteiger partial charge in [-0.2, -0.15) is 0 Å². The van der Waals surface area contributed by atoms with Crippen LogP contribution >= 0.6 is 27.5 Å². The molecule has 3 nitrogen and oxygen atoms in total. The first-order valence-corrected chi connectivity index (χ1v) is 6.85. The van der Waals surface area contributed by atoms with E-state index in [0.717, 1.165) is 29.4 Å². The summed E-state index contributed by atoms with van der Waals surface area (Å²) in [6, 6.07) is 5.82. The fourth-order valence-electron chi connectivity index (χ4n) is 1.62. The molecule has 96 valence electrons. The van der Waals surface area contributed by atoms with Gasteiger partial charge in [-0.05, 0) is 37.1 Å². The van der Waals surface area contributed by atoms with Crippen molar-refractivity contribution in [2.45, 2.75) is 18.9 Å². The van der Waals surface area contributed by atoms with E-state index in [-0.39, 0.29) is 12.6 Å². The number of nitrogens with two attached hydrogens (primary N) is 1. The standard InChI is InChI=1S/C12H18BrClN2O/c13-11-7-9(14)3-4-10(11)12(8-15)16-5-1-2-6-17/h3-4,7,12,16-17H,1-2,5-6,8,15H2. The third-order valence-electron chi connectivity index (χ3n) is 2.55. The highest BCUT2D eigenvalue weighted by molar-refractivity contribution is 9.10. The lowest BCUT2D eigenvalue weighted by molar-refractivity contribution is 0.282. The molecule has 0 aliphatic carbocycles. The highest BCUT2D eigenvalue weighted by Gasteiger charge is 2.12. The van der Waals surface area contributed by atoms with E-state index in [4.69, 9.17) is 22.4 Å². The molecule has 4 N–H and O–H groups in total. The Bertz CT molecular complexity index is 349. The third kappa shape index (κ3) is 4.94. The number of hydrogen-bond donors (Lipinski definition) is 3. The second-order valence-corrected chi connectivity index (χ2v) is 5.13. The van der Waals surface area contributed by atoms with E-state index < -0.39 is 0 Å². The van der Waals surface area contributed by atoms with E-state index in [9.17, 15) is 0 Å². The number of halogens is 2. The van der Waals surface area contributed by atoms with Crippen LogP contribution in [-0.4, -0.2) is 24.8 Å². The highest BCUT2D eigenvalue weighted by atomic mass is 79.9. The minimum absolute atomic E-state index is 0.111. The van der Waals surface area contributed by atoms with Gasteiger partial charge in [0.1, 0.15) is 0 Å². The number of aliphatic hydroxyl groups excluding tert-OH is 1. The summed E-state index contributed by atoms with van der Waals surface area (Å²) in [4.78, 5) is 0. The first kappa shape index (κ1) is 14.9. The van der Waals surface area contributed by atoms with Crippen molar-refractivity contribution in [3.8, 4) is 0 Å². The summed E-state index contributed by atoms with van der Waals surface area (Å²) in [7, 11) is 0. The fraction of sp³-hybridized carbons (Fsp3) is 0.500. The average molecular weight is 322 g/mol. The molecule has 0 radical (unpaired) electrons. The van der Waals surface area contributed by atoms with Gasteiger partial charge in [0.05, 0.1) is 0 Å². The Morgan fingerprint density at radius 3 is 2.76 bits per heavy atom. The van der Waals surface area contributed by atoms with Gasteiger partial charge in [0.25, 0.3) is 0 Å².